The van der Waals surface area contributed by atoms with E-state index in [1.807, 2.05) is 25.2 Å². The minimum Gasteiger partial charge on any atom is -0.274 e. The zero-order valence-electron chi connectivity index (χ0n) is 7.71. The average molecular weight is 286 g/mol. The summed E-state index contributed by atoms with van der Waals surface area (Å²) in [5.41, 5.74) is 1.83. The van der Waals surface area contributed by atoms with Crippen LogP contribution in [0.25, 0.3) is 0 Å². The highest BCUT2D eigenvalue weighted by Crippen LogP contribution is 2.17. The summed E-state index contributed by atoms with van der Waals surface area (Å²) in [4.78, 5) is 8.27. The van der Waals surface area contributed by atoms with Gasteiger partial charge in [-0.1, -0.05) is 6.58 Å². The predicted molar refractivity (Wildman–Crippen MR) is 66.9 cm³/mol. The van der Waals surface area contributed by atoms with Crippen molar-refractivity contribution in [1.82, 2.24) is 0 Å². The van der Waals surface area contributed by atoms with Crippen LogP contribution >= 0.6 is 22.6 Å². The maximum absolute atomic E-state index is 4.30. The molecule has 0 aromatic rings. The first-order chi connectivity index (χ1) is 6.13. The molecule has 0 aromatic carbocycles. The van der Waals surface area contributed by atoms with Crippen LogP contribution in [0.4, 0.5) is 0 Å². The minimum absolute atomic E-state index is 0.770. The molecule has 0 atom stereocenters. The number of nitrogens with zero attached hydrogens (tertiary/aromatic N) is 2. The van der Waals surface area contributed by atoms with E-state index in [1.165, 1.54) is 3.58 Å². The standard InChI is InChI=1S/C10H11IN2/c1-7-6-9(11)4-5-10(7)13-8(2)12-3/h4-6H,1H2,2-3H3. The Morgan fingerprint density at radius 3 is 2.69 bits per heavy atom. The summed E-state index contributed by atoms with van der Waals surface area (Å²) in [7, 11) is 1.73. The normalized spacial score (nSPS) is 20.8. The van der Waals surface area contributed by atoms with E-state index < -0.39 is 0 Å². The molecule has 0 aliphatic heterocycles. The van der Waals surface area contributed by atoms with Crippen molar-refractivity contribution in [3.05, 3.63) is 34.0 Å². The van der Waals surface area contributed by atoms with Gasteiger partial charge in [0.05, 0.1) is 5.71 Å². The smallest absolute Gasteiger partial charge is 0.120 e. The molecule has 0 amide bonds. The second-order valence-corrected chi connectivity index (χ2v) is 3.90. The first-order valence-corrected chi connectivity index (χ1v) is 4.98. The molecule has 2 nitrogen and oxygen atoms in total. The molecule has 0 N–H and O–H groups in total. The Morgan fingerprint density at radius 2 is 2.15 bits per heavy atom. The van der Waals surface area contributed by atoms with Gasteiger partial charge >= 0.3 is 0 Å². The fourth-order valence-corrected chi connectivity index (χ4v) is 1.44. The molecule has 0 spiro atoms. The van der Waals surface area contributed by atoms with Gasteiger partial charge in [-0.25, -0.2) is 4.99 Å². The minimum atomic E-state index is 0.770. The number of rotatable bonds is 0. The fraction of sp³-hybridized carbons (Fsp3) is 0.200. The van der Waals surface area contributed by atoms with Crippen LogP contribution in [-0.2, 0) is 0 Å². The van der Waals surface area contributed by atoms with Crippen molar-refractivity contribution in [2.24, 2.45) is 9.98 Å². The van der Waals surface area contributed by atoms with Gasteiger partial charge in [-0.15, -0.1) is 0 Å². The highest BCUT2D eigenvalue weighted by atomic mass is 127. The number of amidine groups is 1. The third-order valence-electron chi connectivity index (χ3n) is 1.65. The molecule has 0 heterocycles. The molecular formula is C10H11IN2. The third-order valence-corrected chi connectivity index (χ3v) is 2.32. The summed E-state index contributed by atoms with van der Waals surface area (Å²) < 4.78 is 1.17. The van der Waals surface area contributed by atoms with Gasteiger partial charge in [0.1, 0.15) is 5.84 Å². The predicted octanol–water partition coefficient (Wildman–Crippen LogP) is 2.92. The Hall–Kier alpha value is -0.710. The summed E-state index contributed by atoms with van der Waals surface area (Å²) in [6, 6.07) is 0. The van der Waals surface area contributed by atoms with Crippen molar-refractivity contribution in [3.8, 4) is 0 Å². The largest absolute Gasteiger partial charge is 0.274 e. The van der Waals surface area contributed by atoms with E-state index in [4.69, 9.17) is 0 Å². The van der Waals surface area contributed by atoms with Crippen molar-refractivity contribution < 1.29 is 0 Å². The zero-order chi connectivity index (χ0) is 9.84. The lowest BCUT2D eigenvalue weighted by atomic mass is 10.1. The van der Waals surface area contributed by atoms with Crippen LogP contribution in [-0.4, -0.2) is 18.6 Å². The van der Waals surface area contributed by atoms with E-state index in [0.29, 0.717) is 0 Å². The second kappa shape index (κ2) is 4.50. The maximum atomic E-state index is 4.30. The van der Waals surface area contributed by atoms with Gasteiger partial charge in [0.25, 0.3) is 0 Å². The second-order valence-electron chi connectivity index (χ2n) is 2.66. The van der Waals surface area contributed by atoms with Crippen molar-refractivity contribution in [3.63, 3.8) is 0 Å². The number of halogens is 1. The molecule has 0 saturated heterocycles. The zero-order valence-corrected chi connectivity index (χ0v) is 9.87. The van der Waals surface area contributed by atoms with E-state index in [2.05, 4.69) is 39.2 Å². The summed E-state index contributed by atoms with van der Waals surface area (Å²) in [5, 5.41) is 0. The molecule has 1 aliphatic rings. The molecule has 0 unspecified atom stereocenters. The summed E-state index contributed by atoms with van der Waals surface area (Å²) >= 11 is 2.25. The molecule has 68 valence electrons. The van der Waals surface area contributed by atoms with Crippen LogP contribution in [0.3, 0.4) is 0 Å². The Kier molecular flexibility index (Phi) is 3.59. The molecule has 3 heteroatoms. The van der Waals surface area contributed by atoms with Crippen LogP contribution in [0.5, 0.6) is 0 Å². The van der Waals surface area contributed by atoms with Crippen molar-refractivity contribution in [1.29, 1.82) is 0 Å². The molecular weight excluding hydrogens is 275 g/mol. The number of allylic oxidation sites excluding steroid dienone is 5. The van der Waals surface area contributed by atoms with Crippen molar-refractivity contribution >= 4 is 34.1 Å². The summed E-state index contributed by atoms with van der Waals surface area (Å²) in [6.45, 7) is 5.79. The highest BCUT2D eigenvalue weighted by molar-refractivity contribution is 14.1. The monoisotopic (exact) mass is 286 g/mol. The third kappa shape index (κ3) is 2.91. The molecule has 1 aliphatic carbocycles. The number of hydrogen-bond acceptors (Lipinski definition) is 1. The van der Waals surface area contributed by atoms with Crippen LogP contribution in [0.15, 0.2) is 43.9 Å². The Balaban J connectivity index is 2.93. The van der Waals surface area contributed by atoms with Gasteiger partial charge in [0.2, 0.25) is 0 Å². The van der Waals surface area contributed by atoms with E-state index >= 15 is 0 Å². The molecule has 0 bridgehead atoms. The fourth-order valence-electron chi connectivity index (χ4n) is 0.887. The van der Waals surface area contributed by atoms with E-state index in [-0.39, 0.29) is 0 Å². The van der Waals surface area contributed by atoms with Gasteiger partial charge in [-0.3, -0.25) is 4.99 Å². The van der Waals surface area contributed by atoms with E-state index in [0.717, 1.165) is 17.1 Å². The van der Waals surface area contributed by atoms with Crippen LogP contribution in [0.1, 0.15) is 6.92 Å². The lowest BCUT2D eigenvalue weighted by Gasteiger charge is -2.06. The molecule has 0 fully saturated rings. The maximum Gasteiger partial charge on any atom is 0.120 e. The van der Waals surface area contributed by atoms with Crippen molar-refractivity contribution in [2.75, 3.05) is 7.05 Å². The molecule has 0 aromatic heterocycles. The van der Waals surface area contributed by atoms with E-state index in [9.17, 15) is 0 Å². The summed E-state index contributed by atoms with van der Waals surface area (Å²) in [6.07, 6.45) is 5.97. The van der Waals surface area contributed by atoms with Crippen molar-refractivity contribution in [2.45, 2.75) is 6.92 Å². The molecule has 0 radical (unpaired) electrons. The highest BCUT2D eigenvalue weighted by Gasteiger charge is 2.04. The Morgan fingerprint density at radius 1 is 1.46 bits per heavy atom. The Bertz CT molecular complexity index is 346. The SMILES string of the molecule is C=C1C=C(I)C=CC1=NC(C)=NC. The lowest BCUT2D eigenvalue weighted by Crippen LogP contribution is -2.02. The Labute approximate surface area is 92.0 Å². The molecule has 1 rings (SSSR count). The average Bonchev–Trinajstić information content (AvgIpc) is 2.09. The first-order valence-electron chi connectivity index (χ1n) is 3.90. The van der Waals surface area contributed by atoms with Gasteiger partial charge in [0, 0.05) is 10.6 Å². The molecule has 13 heavy (non-hydrogen) atoms. The lowest BCUT2D eigenvalue weighted by molar-refractivity contribution is 1.38. The van der Waals surface area contributed by atoms with Gasteiger partial charge in [0.15, 0.2) is 0 Å². The summed E-state index contributed by atoms with van der Waals surface area (Å²) in [5.74, 6) is 0.770. The van der Waals surface area contributed by atoms with Gasteiger partial charge < -0.3 is 0 Å². The van der Waals surface area contributed by atoms with E-state index in [1.54, 1.807) is 7.05 Å². The first kappa shape index (κ1) is 10.4. The number of hydrogen-bond donors (Lipinski definition) is 0. The topological polar surface area (TPSA) is 24.7 Å². The van der Waals surface area contributed by atoms with Crippen LogP contribution in [0.2, 0.25) is 0 Å². The van der Waals surface area contributed by atoms with Gasteiger partial charge in [-0.2, -0.15) is 0 Å². The quantitative estimate of drug-likeness (QED) is 0.371. The van der Waals surface area contributed by atoms with Gasteiger partial charge in [-0.05, 0) is 53.3 Å². The van der Waals surface area contributed by atoms with Crippen LogP contribution in [0, 0.1) is 0 Å². The number of aliphatic imine (C=N–C) groups is 2. The van der Waals surface area contributed by atoms with Crippen LogP contribution < -0.4 is 0 Å². The molecule has 0 saturated carbocycles.